The highest BCUT2D eigenvalue weighted by Gasteiger charge is 2.13. The third-order valence-electron chi connectivity index (χ3n) is 5.77. The van der Waals surface area contributed by atoms with E-state index in [0.29, 0.717) is 0 Å². The molecule has 0 nitrogen and oxygen atoms in total. The van der Waals surface area contributed by atoms with Crippen molar-refractivity contribution in [3.63, 3.8) is 0 Å². The maximum atomic E-state index is 2.41. The summed E-state index contributed by atoms with van der Waals surface area (Å²) < 4.78 is 0. The Kier molecular flexibility index (Phi) is 3.04. The van der Waals surface area contributed by atoms with Crippen molar-refractivity contribution in [2.75, 3.05) is 0 Å². The standard InChI is InChI=1S/C27H18/c1-2-7-18(8-3-1)15-19-16-21-11-6-13-23-22-12-4-9-20-10-5-14-24(26(20)22)25(17-19)27(21)23/h1-14,16-17H,15H2. The van der Waals surface area contributed by atoms with Crippen molar-refractivity contribution < 1.29 is 0 Å². The first-order valence-corrected chi connectivity index (χ1v) is 9.50. The summed E-state index contributed by atoms with van der Waals surface area (Å²) in [4.78, 5) is 0. The van der Waals surface area contributed by atoms with Crippen LogP contribution in [0.5, 0.6) is 0 Å². The van der Waals surface area contributed by atoms with Crippen LogP contribution in [0.4, 0.5) is 0 Å². The molecule has 0 radical (unpaired) electrons. The summed E-state index contributed by atoms with van der Waals surface area (Å²) in [5.74, 6) is 0. The molecule has 6 rings (SSSR count). The molecule has 6 aromatic carbocycles. The maximum Gasteiger partial charge on any atom is -0.00253 e. The van der Waals surface area contributed by atoms with Crippen LogP contribution in [0.15, 0.2) is 97.1 Å². The Balaban J connectivity index is 1.76. The molecule has 126 valence electrons. The minimum absolute atomic E-state index is 0.964. The van der Waals surface area contributed by atoms with Gasteiger partial charge in [-0.25, -0.2) is 0 Å². The van der Waals surface area contributed by atoms with Gasteiger partial charge in [0.25, 0.3) is 0 Å². The lowest BCUT2D eigenvalue weighted by molar-refractivity contribution is 1.20. The van der Waals surface area contributed by atoms with Gasteiger partial charge in [0.2, 0.25) is 0 Å². The van der Waals surface area contributed by atoms with Crippen molar-refractivity contribution in [3.05, 3.63) is 108 Å². The molecule has 0 spiro atoms. The van der Waals surface area contributed by atoms with E-state index in [0.717, 1.165) is 6.42 Å². The molecule has 0 saturated heterocycles. The molecule has 0 heteroatoms. The lowest BCUT2D eigenvalue weighted by Gasteiger charge is -2.15. The van der Waals surface area contributed by atoms with Crippen molar-refractivity contribution in [1.82, 2.24) is 0 Å². The molecule has 0 bridgehead atoms. The van der Waals surface area contributed by atoms with Gasteiger partial charge in [0.15, 0.2) is 0 Å². The second kappa shape index (κ2) is 5.56. The molecule has 0 amide bonds. The zero-order valence-electron chi connectivity index (χ0n) is 14.9. The highest BCUT2D eigenvalue weighted by Crippen LogP contribution is 2.40. The highest BCUT2D eigenvalue weighted by atomic mass is 14.2. The molecule has 0 aliphatic heterocycles. The Morgan fingerprint density at radius 2 is 1.00 bits per heavy atom. The van der Waals surface area contributed by atoms with E-state index in [4.69, 9.17) is 0 Å². The van der Waals surface area contributed by atoms with Crippen molar-refractivity contribution >= 4 is 43.1 Å². The SMILES string of the molecule is c1ccc(Cc2cc3cccc4c5cccc6cccc(c(c2)c34)c65)cc1. The first-order valence-electron chi connectivity index (χ1n) is 9.50. The summed E-state index contributed by atoms with van der Waals surface area (Å²) in [6.07, 6.45) is 0.964. The number of fused-ring (bicyclic) bond motifs is 2. The molecule has 0 aliphatic rings. The molecular formula is C27H18. The van der Waals surface area contributed by atoms with Gasteiger partial charge in [-0.15, -0.1) is 0 Å². The lowest BCUT2D eigenvalue weighted by atomic mass is 9.88. The predicted octanol–water partition coefficient (Wildman–Crippen LogP) is 7.33. The lowest BCUT2D eigenvalue weighted by Crippen LogP contribution is -1.91. The van der Waals surface area contributed by atoms with Crippen molar-refractivity contribution in [3.8, 4) is 0 Å². The summed E-state index contributed by atoms with van der Waals surface area (Å²) in [6, 6.07) is 35.6. The van der Waals surface area contributed by atoms with Crippen LogP contribution < -0.4 is 0 Å². The van der Waals surface area contributed by atoms with Crippen LogP contribution in [-0.4, -0.2) is 0 Å². The van der Waals surface area contributed by atoms with Gasteiger partial charge in [-0.3, -0.25) is 0 Å². The number of benzene rings is 6. The number of rotatable bonds is 2. The highest BCUT2D eigenvalue weighted by molar-refractivity contribution is 6.32. The third kappa shape index (κ3) is 2.17. The van der Waals surface area contributed by atoms with E-state index < -0.39 is 0 Å². The van der Waals surface area contributed by atoms with Crippen molar-refractivity contribution in [1.29, 1.82) is 0 Å². The summed E-state index contributed by atoms with van der Waals surface area (Å²) in [5.41, 5.74) is 2.73. The van der Waals surface area contributed by atoms with E-state index >= 15 is 0 Å². The molecule has 0 aliphatic carbocycles. The molecule has 0 saturated carbocycles. The Morgan fingerprint density at radius 1 is 0.407 bits per heavy atom. The monoisotopic (exact) mass is 342 g/mol. The molecule has 0 aromatic heterocycles. The molecule has 0 atom stereocenters. The molecular weight excluding hydrogens is 324 g/mol. The molecule has 0 heterocycles. The third-order valence-corrected chi connectivity index (χ3v) is 5.77. The second-order valence-electron chi connectivity index (χ2n) is 7.42. The van der Waals surface area contributed by atoms with E-state index in [1.165, 1.54) is 54.2 Å². The normalized spacial score (nSPS) is 11.9. The van der Waals surface area contributed by atoms with Gasteiger partial charge < -0.3 is 0 Å². The molecule has 0 N–H and O–H groups in total. The van der Waals surface area contributed by atoms with Gasteiger partial charge in [-0.05, 0) is 60.6 Å². The quantitative estimate of drug-likeness (QED) is 0.228. The largest absolute Gasteiger partial charge is 0.0622 e. The van der Waals surface area contributed by atoms with Gasteiger partial charge in [-0.2, -0.15) is 0 Å². The molecule has 6 aromatic rings. The summed E-state index contributed by atoms with van der Waals surface area (Å²) in [5, 5.41) is 10.9. The van der Waals surface area contributed by atoms with Gasteiger partial charge in [0.05, 0.1) is 0 Å². The van der Waals surface area contributed by atoms with Crippen molar-refractivity contribution in [2.45, 2.75) is 6.42 Å². The summed E-state index contributed by atoms with van der Waals surface area (Å²) in [7, 11) is 0. The first kappa shape index (κ1) is 14.8. The smallest absolute Gasteiger partial charge is 0.00253 e. The van der Waals surface area contributed by atoms with E-state index in [1.54, 1.807) is 0 Å². The van der Waals surface area contributed by atoms with Crippen LogP contribution in [0.3, 0.4) is 0 Å². The minimum atomic E-state index is 0.964. The fourth-order valence-corrected chi connectivity index (χ4v) is 4.65. The Bertz CT molecular complexity index is 1420. The zero-order chi connectivity index (χ0) is 17.8. The first-order chi connectivity index (χ1) is 13.4. The van der Waals surface area contributed by atoms with Crippen LogP contribution >= 0.6 is 0 Å². The topological polar surface area (TPSA) is 0 Å². The fraction of sp³-hybridized carbons (Fsp3) is 0.0370. The average Bonchev–Trinajstić information content (AvgIpc) is 2.72. The van der Waals surface area contributed by atoms with Crippen LogP contribution in [-0.2, 0) is 6.42 Å². The van der Waals surface area contributed by atoms with E-state index in [9.17, 15) is 0 Å². The van der Waals surface area contributed by atoms with E-state index in [1.807, 2.05) is 0 Å². The Morgan fingerprint density at radius 3 is 1.70 bits per heavy atom. The van der Waals surface area contributed by atoms with E-state index in [-0.39, 0.29) is 0 Å². The van der Waals surface area contributed by atoms with Crippen LogP contribution in [0, 0.1) is 0 Å². The Hall–Kier alpha value is -3.38. The van der Waals surface area contributed by atoms with Crippen LogP contribution in [0.25, 0.3) is 43.1 Å². The zero-order valence-corrected chi connectivity index (χ0v) is 14.9. The summed E-state index contributed by atoms with van der Waals surface area (Å²) >= 11 is 0. The number of hydrogen-bond donors (Lipinski definition) is 0. The average molecular weight is 342 g/mol. The molecule has 0 unspecified atom stereocenters. The fourth-order valence-electron chi connectivity index (χ4n) is 4.65. The van der Waals surface area contributed by atoms with Crippen LogP contribution in [0.2, 0.25) is 0 Å². The van der Waals surface area contributed by atoms with E-state index in [2.05, 4.69) is 97.1 Å². The predicted molar refractivity (Wildman–Crippen MR) is 117 cm³/mol. The Labute approximate surface area is 158 Å². The summed E-state index contributed by atoms with van der Waals surface area (Å²) in [6.45, 7) is 0. The van der Waals surface area contributed by atoms with Crippen LogP contribution in [0.1, 0.15) is 11.1 Å². The molecule has 0 fully saturated rings. The minimum Gasteiger partial charge on any atom is -0.0622 e. The number of hydrogen-bond acceptors (Lipinski definition) is 0. The second-order valence-corrected chi connectivity index (χ2v) is 7.42. The maximum absolute atomic E-state index is 2.41. The van der Waals surface area contributed by atoms with Gasteiger partial charge in [0, 0.05) is 0 Å². The van der Waals surface area contributed by atoms with Crippen molar-refractivity contribution in [2.24, 2.45) is 0 Å². The molecule has 27 heavy (non-hydrogen) atoms. The van der Waals surface area contributed by atoms with Gasteiger partial charge in [0.1, 0.15) is 0 Å². The van der Waals surface area contributed by atoms with Gasteiger partial charge in [-0.1, -0.05) is 97.1 Å². The van der Waals surface area contributed by atoms with Gasteiger partial charge >= 0.3 is 0 Å².